The van der Waals surface area contributed by atoms with Gasteiger partial charge in [-0.3, -0.25) is 4.90 Å². The van der Waals surface area contributed by atoms with Crippen LogP contribution in [0.1, 0.15) is 46.0 Å². The Bertz CT molecular complexity index is 167. The first-order valence-electron chi connectivity index (χ1n) is 6.21. The van der Waals surface area contributed by atoms with Crippen LogP contribution in [0.5, 0.6) is 0 Å². The van der Waals surface area contributed by atoms with Crippen molar-refractivity contribution in [3.8, 4) is 0 Å². The van der Waals surface area contributed by atoms with E-state index in [1.165, 1.54) is 32.1 Å². The molecule has 3 nitrogen and oxygen atoms in total. The number of rotatable bonds is 5. The molecule has 2 N–H and O–H groups in total. The van der Waals surface area contributed by atoms with Gasteiger partial charge in [0.1, 0.15) is 0 Å². The zero-order chi connectivity index (χ0) is 11.3. The fraction of sp³-hybridized carbons (Fsp3) is 1.00. The number of aliphatic hydroxyl groups is 2. The Morgan fingerprint density at radius 3 is 2.27 bits per heavy atom. The highest BCUT2D eigenvalue weighted by atomic mass is 16.3. The maximum Gasteiger partial charge on any atom is 0.0664 e. The van der Waals surface area contributed by atoms with Gasteiger partial charge in [-0.25, -0.2) is 0 Å². The van der Waals surface area contributed by atoms with Crippen molar-refractivity contribution < 1.29 is 10.2 Å². The molecule has 0 spiro atoms. The minimum Gasteiger partial charge on any atom is -0.395 e. The second-order valence-electron chi connectivity index (χ2n) is 4.73. The SMILES string of the molecule is CC(O)C(C)N(CCO)C1CCCCC1. The third kappa shape index (κ3) is 3.74. The minimum absolute atomic E-state index is 0.153. The summed E-state index contributed by atoms with van der Waals surface area (Å²) in [6.07, 6.45) is 6.04. The lowest BCUT2D eigenvalue weighted by molar-refractivity contribution is 0.0205. The van der Waals surface area contributed by atoms with E-state index in [0.29, 0.717) is 12.6 Å². The minimum atomic E-state index is -0.321. The Balaban J connectivity index is 2.54. The molecule has 0 aromatic heterocycles. The third-order valence-corrected chi connectivity index (χ3v) is 3.62. The summed E-state index contributed by atoms with van der Waals surface area (Å²) in [7, 11) is 0. The van der Waals surface area contributed by atoms with Crippen molar-refractivity contribution in [1.29, 1.82) is 0 Å². The molecular weight excluding hydrogens is 190 g/mol. The van der Waals surface area contributed by atoms with Gasteiger partial charge in [0.05, 0.1) is 12.7 Å². The summed E-state index contributed by atoms with van der Waals surface area (Å²) in [5.74, 6) is 0. The van der Waals surface area contributed by atoms with Crippen LogP contribution in [0.3, 0.4) is 0 Å². The Hall–Kier alpha value is -0.120. The number of nitrogens with zero attached hydrogens (tertiary/aromatic N) is 1. The topological polar surface area (TPSA) is 43.7 Å². The average Bonchev–Trinajstić information content (AvgIpc) is 2.26. The van der Waals surface area contributed by atoms with E-state index >= 15 is 0 Å². The molecule has 2 atom stereocenters. The molecule has 0 heterocycles. The molecule has 1 aliphatic rings. The average molecular weight is 215 g/mol. The Kier molecular flexibility index (Phi) is 5.58. The van der Waals surface area contributed by atoms with E-state index in [1.807, 2.05) is 6.92 Å². The predicted octanol–water partition coefficient (Wildman–Crippen LogP) is 1.38. The van der Waals surface area contributed by atoms with Gasteiger partial charge in [0.15, 0.2) is 0 Å². The molecule has 0 bridgehead atoms. The molecule has 1 aliphatic carbocycles. The lowest BCUT2D eigenvalue weighted by atomic mass is 9.92. The van der Waals surface area contributed by atoms with E-state index < -0.39 is 0 Å². The molecule has 1 rings (SSSR count). The van der Waals surface area contributed by atoms with E-state index in [0.717, 1.165) is 0 Å². The zero-order valence-corrected chi connectivity index (χ0v) is 10.0. The molecule has 3 heteroatoms. The van der Waals surface area contributed by atoms with Crippen LogP contribution in [-0.2, 0) is 0 Å². The Morgan fingerprint density at radius 2 is 1.80 bits per heavy atom. The van der Waals surface area contributed by atoms with Crippen LogP contribution in [0.4, 0.5) is 0 Å². The standard InChI is InChI=1S/C12H25NO2/c1-10(11(2)15)13(8-9-14)12-6-4-3-5-7-12/h10-12,14-15H,3-9H2,1-2H3. The molecule has 0 aromatic rings. The molecule has 0 radical (unpaired) electrons. The van der Waals surface area contributed by atoms with Crippen LogP contribution in [-0.4, -0.2) is 46.5 Å². The van der Waals surface area contributed by atoms with Crippen molar-refractivity contribution in [2.45, 2.75) is 64.1 Å². The van der Waals surface area contributed by atoms with Gasteiger partial charge in [0.2, 0.25) is 0 Å². The van der Waals surface area contributed by atoms with Gasteiger partial charge < -0.3 is 10.2 Å². The lowest BCUT2D eigenvalue weighted by Crippen LogP contribution is -2.48. The molecular formula is C12H25NO2. The first-order valence-corrected chi connectivity index (χ1v) is 6.21. The summed E-state index contributed by atoms with van der Waals surface area (Å²) in [5, 5.41) is 18.7. The van der Waals surface area contributed by atoms with Gasteiger partial charge in [-0.1, -0.05) is 19.3 Å². The van der Waals surface area contributed by atoms with E-state index in [2.05, 4.69) is 11.8 Å². The second-order valence-corrected chi connectivity index (χ2v) is 4.73. The van der Waals surface area contributed by atoms with Gasteiger partial charge in [-0.2, -0.15) is 0 Å². The van der Waals surface area contributed by atoms with Crippen molar-refractivity contribution in [1.82, 2.24) is 4.90 Å². The normalized spacial score (nSPS) is 23.0. The number of aliphatic hydroxyl groups excluding tert-OH is 2. The monoisotopic (exact) mass is 215 g/mol. The second kappa shape index (κ2) is 6.46. The van der Waals surface area contributed by atoms with Gasteiger partial charge in [0, 0.05) is 18.6 Å². The molecule has 0 aliphatic heterocycles. The smallest absolute Gasteiger partial charge is 0.0664 e. The van der Waals surface area contributed by atoms with Crippen LogP contribution < -0.4 is 0 Å². The van der Waals surface area contributed by atoms with Crippen molar-refractivity contribution >= 4 is 0 Å². The van der Waals surface area contributed by atoms with Crippen molar-refractivity contribution in [3.05, 3.63) is 0 Å². The molecule has 90 valence electrons. The Labute approximate surface area is 93.1 Å². The maximum absolute atomic E-state index is 9.63. The molecule has 0 amide bonds. The number of hydrogen-bond acceptors (Lipinski definition) is 3. The molecule has 1 fully saturated rings. The highest BCUT2D eigenvalue weighted by molar-refractivity contribution is 4.81. The summed E-state index contributed by atoms with van der Waals surface area (Å²) in [4.78, 5) is 2.28. The molecule has 0 aromatic carbocycles. The van der Waals surface area contributed by atoms with Crippen LogP contribution in [0.25, 0.3) is 0 Å². The summed E-state index contributed by atoms with van der Waals surface area (Å²) in [6.45, 7) is 4.76. The van der Waals surface area contributed by atoms with E-state index in [1.54, 1.807) is 0 Å². The summed E-state index contributed by atoms with van der Waals surface area (Å²) < 4.78 is 0. The molecule has 0 saturated heterocycles. The molecule has 2 unspecified atom stereocenters. The van der Waals surface area contributed by atoms with Crippen LogP contribution in [0.15, 0.2) is 0 Å². The zero-order valence-electron chi connectivity index (χ0n) is 10.0. The van der Waals surface area contributed by atoms with Crippen LogP contribution in [0.2, 0.25) is 0 Å². The van der Waals surface area contributed by atoms with E-state index in [9.17, 15) is 5.11 Å². The fourth-order valence-corrected chi connectivity index (χ4v) is 2.52. The third-order valence-electron chi connectivity index (χ3n) is 3.62. The van der Waals surface area contributed by atoms with Gasteiger partial charge in [-0.05, 0) is 26.7 Å². The molecule has 15 heavy (non-hydrogen) atoms. The highest BCUT2D eigenvalue weighted by Gasteiger charge is 2.26. The summed E-state index contributed by atoms with van der Waals surface area (Å²) >= 11 is 0. The quantitative estimate of drug-likeness (QED) is 0.728. The van der Waals surface area contributed by atoms with Gasteiger partial charge >= 0.3 is 0 Å². The van der Waals surface area contributed by atoms with Crippen molar-refractivity contribution in [2.75, 3.05) is 13.2 Å². The van der Waals surface area contributed by atoms with E-state index in [-0.39, 0.29) is 18.8 Å². The highest BCUT2D eigenvalue weighted by Crippen LogP contribution is 2.24. The molecule has 1 saturated carbocycles. The summed E-state index contributed by atoms with van der Waals surface area (Å²) in [5.41, 5.74) is 0. The van der Waals surface area contributed by atoms with E-state index in [4.69, 9.17) is 5.11 Å². The first-order chi connectivity index (χ1) is 7.16. The largest absolute Gasteiger partial charge is 0.395 e. The fourth-order valence-electron chi connectivity index (χ4n) is 2.52. The summed E-state index contributed by atoms with van der Waals surface area (Å²) in [6, 6.07) is 0.718. The maximum atomic E-state index is 9.63. The van der Waals surface area contributed by atoms with Crippen molar-refractivity contribution in [2.24, 2.45) is 0 Å². The predicted molar refractivity (Wildman–Crippen MR) is 61.8 cm³/mol. The van der Waals surface area contributed by atoms with Crippen LogP contribution in [0, 0.1) is 0 Å². The van der Waals surface area contributed by atoms with Crippen LogP contribution >= 0.6 is 0 Å². The lowest BCUT2D eigenvalue weighted by Gasteiger charge is -2.39. The first kappa shape index (κ1) is 12.9. The Morgan fingerprint density at radius 1 is 1.20 bits per heavy atom. The van der Waals surface area contributed by atoms with Gasteiger partial charge in [-0.15, -0.1) is 0 Å². The van der Waals surface area contributed by atoms with Gasteiger partial charge in [0.25, 0.3) is 0 Å². The van der Waals surface area contributed by atoms with Crippen molar-refractivity contribution in [3.63, 3.8) is 0 Å². The number of hydrogen-bond donors (Lipinski definition) is 2.